The van der Waals surface area contributed by atoms with Crippen molar-refractivity contribution in [1.29, 1.82) is 0 Å². The Balaban J connectivity index is 0.000000960. The lowest BCUT2D eigenvalue weighted by Crippen LogP contribution is -2.49. The average Bonchev–Trinajstić information content (AvgIpc) is 3.06. The molecule has 0 spiro atoms. The van der Waals surface area contributed by atoms with Crippen molar-refractivity contribution in [3.63, 3.8) is 0 Å². The third kappa shape index (κ3) is 3.99. The predicted molar refractivity (Wildman–Crippen MR) is 93.8 cm³/mol. The number of imidazole rings is 1. The van der Waals surface area contributed by atoms with E-state index in [-0.39, 0.29) is 30.7 Å². The van der Waals surface area contributed by atoms with Crippen molar-refractivity contribution in [1.82, 2.24) is 25.1 Å². The minimum atomic E-state index is 0. The summed E-state index contributed by atoms with van der Waals surface area (Å²) in [4.78, 5) is 24.6. The zero-order valence-electron chi connectivity index (χ0n) is 13.2. The van der Waals surface area contributed by atoms with Crippen LogP contribution in [0.1, 0.15) is 41.5 Å². The van der Waals surface area contributed by atoms with Gasteiger partial charge in [-0.25, -0.2) is 4.98 Å². The van der Waals surface area contributed by atoms with Crippen LogP contribution in [0.2, 0.25) is 0 Å². The molecule has 23 heavy (non-hydrogen) atoms. The van der Waals surface area contributed by atoms with E-state index >= 15 is 0 Å². The van der Waals surface area contributed by atoms with Gasteiger partial charge in [0.25, 0.3) is 5.91 Å². The third-order valence-electron chi connectivity index (χ3n) is 4.91. The van der Waals surface area contributed by atoms with Gasteiger partial charge in [0.15, 0.2) is 0 Å². The molecule has 1 amide bonds. The number of nitrogens with one attached hydrogen (secondary N) is 2. The van der Waals surface area contributed by atoms with Crippen LogP contribution in [0, 0.1) is 0 Å². The van der Waals surface area contributed by atoms with Crippen molar-refractivity contribution < 1.29 is 4.79 Å². The number of hydrogen-bond donors (Lipinski definition) is 2. The van der Waals surface area contributed by atoms with Gasteiger partial charge < -0.3 is 15.2 Å². The molecular formula is C15H25Cl2N5O. The molecule has 1 saturated carbocycles. The summed E-state index contributed by atoms with van der Waals surface area (Å²) in [6.45, 7) is 6.05. The molecular weight excluding hydrogens is 337 g/mol. The predicted octanol–water partition coefficient (Wildman–Crippen LogP) is 1.25. The molecule has 8 heteroatoms. The summed E-state index contributed by atoms with van der Waals surface area (Å²) in [5.74, 6) is 1.68. The molecule has 130 valence electrons. The standard InChI is InChI=1S/C15H23N5O.2ClH/c21-15(13-9-17-14(18-13)11-1-2-11)20-6-3-12(10-20)19-7-4-16-5-8-19;;/h9,11-12,16H,1-8,10H2,(H,17,18);2*1H. The summed E-state index contributed by atoms with van der Waals surface area (Å²) < 4.78 is 0. The van der Waals surface area contributed by atoms with E-state index in [1.807, 2.05) is 4.90 Å². The van der Waals surface area contributed by atoms with Crippen molar-refractivity contribution in [3.05, 3.63) is 17.7 Å². The summed E-state index contributed by atoms with van der Waals surface area (Å²) in [6.07, 6.45) is 5.22. The van der Waals surface area contributed by atoms with Gasteiger partial charge in [0, 0.05) is 51.2 Å². The van der Waals surface area contributed by atoms with Crippen LogP contribution in [0.4, 0.5) is 0 Å². The van der Waals surface area contributed by atoms with Gasteiger partial charge in [-0.3, -0.25) is 9.69 Å². The van der Waals surface area contributed by atoms with Crippen LogP contribution in [-0.2, 0) is 0 Å². The lowest BCUT2D eigenvalue weighted by molar-refractivity contribution is 0.0768. The first-order valence-corrected chi connectivity index (χ1v) is 8.10. The monoisotopic (exact) mass is 361 g/mol. The van der Waals surface area contributed by atoms with E-state index in [1.165, 1.54) is 12.8 Å². The fourth-order valence-electron chi connectivity index (χ4n) is 3.45. The van der Waals surface area contributed by atoms with Gasteiger partial charge in [0.05, 0.1) is 6.20 Å². The Hall–Kier alpha value is -0.820. The average molecular weight is 362 g/mol. The molecule has 1 unspecified atom stereocenters. The fraction of sp³-hybridized carbons (Fsp3) is 0.733. The van der Waals surface area contributed by atoms with Crippen molar-refractivity contribution in [3.8, 4) is 0 Å². The van der Waals surface area contributed by atoms with Gasteiger partial charge >= 0.3 is 0 Å². The first-order valence-electron chi connectivity index (χ1n) is 8.10. The lowest BCUT2D eigenvalue weighted by Gasteiger charge is -2.32. The van der Waals surface area contributed by atoms with Gasteiger partial charge in [-0.1, -0.05) is 0 Å². The van der Waals surface area contributed by atoms with Crippen molar-refractivity contribution in [2.45, 2.75) is 31.2 Å². The van der Waals surface area contributed by atoms with E-state index in [1.54, 1.807) is 6.20 Å². The van der Waals surface area contributed by atoms with E-state index < -0.39 is 0 Å². The normalized spacial score (nSPS) is 24.9. The van der Waals surface area contributed by atoms with Crippen molar-refractivity contribution in [2.75, 3.05) is 39.3 Å². The summed E-state index contributed by atoms with van der Waals surface area (Å²) in [5.41, 5.74) is 0.665. The number of likely N-dealkylation sites (tertiary alicyclic amines) is 1. The lowest BCUT2D eigenvalue weighted by atomic mass is 10.2. The Bertz CT molecular complexity index is 528. The molecule has 0 aromatic carbocycles. The van der Waals surface area contributed by atoms with E-state index in [0.717, 1.165) is 51.5 Å². The van der Waals surface area contributed by atoms with Crippen LogP contribution >= 0.6 is 24.8 Å². The van der Waals surface area contributed by atoms with E-state index in [2.05, 4.69) is 20.2 Å². The molecule has 1 aliphatic carbocycles. The maximum atomic E-state index is 12.6. The Kier molecular flexibility index (Phi) is 6.31. The number of rotatable bonds is 3. The number of piperazine rings is 1. The maximum absolute atomic E-state index is 12.6. The Morgan fingerprint density at radius 1 is 1.13 bits per heavy atom. The molecule has 2 saturated heterocycles. The first-order chi connectivity index (χ1) is 10.3. The largest absolute Gasteiger partial charge is 0.338 e. The minimum Gasteiger partial charge on any atom is -0.338 e. The Morgan fingerprint density at radius 2 is 1.87 bits per heavy atom. The second kappa shape index (κ2) is 7.83. The highest BCUT2D eigenvalue weighted by atomic mass is 35.5. The van der Waals surface area contributed by atoms with Gasteiger partial charge in [0.2, 0.25) is 0 Å². The van der Waals surface area contributed by atoms with Gasteiger partial charge in [0.1, 0.15) is 11.5 Å². The number of amides is 1. The van der Waals surface area contributed by atoms with E-state index in [4.69, 9.17) is 0 Å². The van der Waals surface area contributed by atoms with Crippen LogP contribution in [-0.4, -0.2) is 71.0 Å². The fourth-order valence-corrected chi connectivity index (χ4v) is 3.45. The van der Waals surface area contributed by atoms with Gasteiger partial charge in [-0.15, -0.1) is 24.8 Å². The summed E-state index contributed by atoms with van der Waals surface area (Å²) in [5, 5.41) is 3.38. The Labute approximate surface area is 149 Å². The van der Waals surface area contributed by atoms with Crippen LogP contribution in [0.5, 0.6) is 0 Å². The number of aromatic amines is 1. The van der Waals surface area contributed by atoms with Gasteiger partial charge in [-0.05, 0) is 19.3 Å². The summed E-state index contributed by atoms with van der Waals surface area (Å²) in [6, 6.07) is 0.530. The molecule has 2 aliphatic heterocycles. The quantitative estimate of drug-likeness (QED) is 0.850. The molecule has 1 aromatic heterocycles. The molecule has 4 rings (SSSR count). The minimum absolute atomic E-state index is 0. The highest BCUT2D eigenvalue weighted by molar-refractivity contribution is 5.92. The Morgan fingerprint density at radius 3 is 2.57 bits per heavy atom. The first kappa shape index (κ1) is 18.5. The van der Waals surface area contributed by atoms with Gasteiger partial charge in [-0.2, -0.15) is 0 Å². The topological polar surface area (TPSA) is 64.3 Å². The van der Waals surface area contributed by atoms with Crippen molar-refractivity contribution in [2.24, 2.45) is 0 Å². The second-order valence-electron chi connectivity index (χ2n) is 6.44. The highest BCUT2D eigenvalue weighted by Crippen LogP contribution is 2.38. The molecule has 0 radical (unpaired) electrons. The molecule has 3 fully saturated rings. The van der Waals surface area contributed by atoms with Crippen molar-refractivity contribution >= 4 is 30.7 Å². The summed E-state index contributed by atoms with van der Waals surface area (Å²) in [7, 11) is 0. The zero-order valence-corrected chi connectivity index (χ0v) is 14.8. The third-order valence-corrected chi connectivity index (χ3v) is 4.91. The number of nitrogens with zero attached hydrogens (tertiary/aromatic N) is 3. The molecule has 1 atom stereocenters. The van der Waals surface area contributed by atoms with E-state index in [9.17, 15) is 4.79 Å². The van der Waals surface area contributed by atoms with Crippen LogP contribution < -0.4 is 5.32 Å². The maximum Gasteiger partial charge on any atom is 0.271 e. The molecule has 2 N–H and O–H groups in total. The smallest absolute Gasteiger partial charge is 0.271 e. The molecule has 6 nitrogen and oxygen atoms in total. The number of H-pyrrole nitrogens is 1. The second-order valence-corrected chi connectivity index (χ2v) is 6.44. The number of hydrogen-bond acceptors (Lipinski definition) is 4. The van der Waals surface area contributed by atoms with E-state index in [0.29, 0.717) is 17.7 Å². The SMILES string of the molecule is Cl.Cl.O=C(c1cnc(C2CC2)[nH]1)N1CCC(N2CCNCC2)C1. The zero-order chi connectivity index (χ0) is 14.2. The molecule has 3 heterocycles. The van der Waals surface area contributed by atoms with Crippen LogP contribution in [0.15, 0.2) is 6.20 Å². The molecule has 1 aromatic rings. The van der Waals surface area contributed by atoms with Crippen LogP contribution in [0.3, 0.4) is 0 Å². The number of halogens is 2. The number of aromatic nitrogens is 2. The molecule has 3 aliphatic rings. The highest BCUT2D eigenvalue weighted by Gasteiger charge is 2.33. The summed E-state index contributed by atoms with van der Waals surface area (Å²) >= 11 is 0. The number of carbonyl (C=O) groups is 1. The number of carbonyl (C=O) groups excluding carboxylic acids is 1. The molecule has 0 bridgehead atoms. The van der Waals surface area contributed by atoms with Crippen LogP contribution in [0.25, 0.3) is 0 Å².